The molecule has 4 saturated carbocycles. The first-order chi connectivity index (χ1) is 11.8. The van der Waals surface area contributed by atoms with Crippen molar-refractivity contribution in [2.75, 3.05) is 0 Å². The zero-order valence-electron chi connectivity index (χ0n) is 15.1. The lowest BCUT2D eigenvalue weighted by molar-refractivity contribution is 0.314. The maximum absolute atomic E-state index is 4.25. The van der Waals surface area contributed by atoms with Crippen LogP contribution in [0.2, 0.25) is 0 Å². The fraction of sp³-hybridized carbons (Fsp3) is 0.667. The van der Waals surface area contributed by atoms with Crippen molar-refractivity contribution in [1.82, 2.24) is 0 Å². The van der Waals surface area contributed by atoms with Gasteiger partial charge < -0.3 is 0 Å². The molecule has 1 aromatic rings. The van der Waals surface area contributed by atoms with E-state index in [-0.39, 0.29) is 0 Å². The van der Waals surface area contributed by atoms with Crippen molar-refractivity contribution in [1.29, 1.82) is 0 Å². The Morgan fingerprint density at radius 3 is 1.46 bits per heavy atom. The Labute approximate surface area is 147 Å². The molecule has 4 fully saturated rings. The molecule has 0 nitrogen and oxygen atoms in total. The quantitative estimate of drug-likeness (QED) is 0.567. The molecule has 0 radical (unpaired) electrons. The van der Waals surface area contributed by atoms with Crippen molar-refractivity contribution >= 4 is 6.08 Å². The van der Waals surface area contributed by atoms with E-state index in [0.29, 0.717) is 0 Å². The molecule has 0 aromatic heterocycles. The molecule has 1 aromatic carbocycles. The molecule has 0 saturated heterocycles. The molecule has 4 aliphatic carbocycles. The first-order valence-corrected chi connectivity index (χ1v) is 10.6. The minimum Gasteiger partial charge on any atom is -0.0984 e. The Morgan fingerprint density at radius 1 is 0.667 bits per heavy atom. The van der Waals surface area contributed by atoms with Crippen LogP contribution in [0.25, 0.3) is 6.08 Å². The van der Waals surface area contributed by atoms with Crippen molar-refractivity contribution < 1.29 is 0 Å². The summed E-state index contributed by atoms with van der Waals surface area (Å²) < 4.78 is 0. The molecule has 0 spiro atoms. The van der Waals surface area contributed by atoms with Crippen LogP contribution >= 0.6 is 0 Å². The summed E-state index contributed by atoms with van der Waals surface area (Å²) in [6.07, 6.45) is 17.0. The third kappa shape index (κ3) is 2.57. The second kappa shape index (κ2) is 6.04. The second-order valence-corrected chi connectivity index (χ2v) is 9.48. The van der Waals surface area contributed by atoms with Crippen molar-refractivity contribution in [3.63, 3.8) is 0 Å². The van der Waals surface area contributed by atoms with Gasteiger partial charge in [0, 0.05) is 0 Å². The molecule has 4 bridgehead atoms. The Balaban J connectivity index is 1.47. The molecular formula is C24H32. The van der Waals surface area contributed by atoms with E-state index in [1.54, 1.807) is 11.1 Å². The van der Waals surface area contributed by atoms with E-state index >= 15 is 0 Å². The van der Waals surface area contributed by atoms with Crippen LogP contribution in [0.1, 0.15) is 92.7 Å². The average molecular weight is 321 g/mol. The maximum atomic E-state index is 4.25. The number of hydrogen-bond donors (Lipinski definition) is 0. The highest BCUT2D eigenvalue weighted by atomic mass is 14.4. The van der Waals surface area contributed by atoms with Gasteiger partial charge in [-0.15, -0.1) is 0 Å². The summed E-state index contributed by atoms with van der Waals surface area (Å²) in [5.74, 6) is 5.68. The molecular weight excluding hydrogens is 288 g/mol. The van der Waals surface area contributed by atoms with Gasteiger partial charge in [0.05, 0.1) is 0 Å². The Morgan fingerprint density at radius 2 is 1.08 bits per heavy atom. The summed E-state index contributed by atoms with van der Waals surface area (Å²) in [5, 5.41) is 0. The predicted molar refractivity (Wildman–Crippen MR) is 102 cm³/mol. The van der Waals surface area contributed by atoms with Gasteiger partial charge in [-0.3, -0.25) is 0 Å². The molecule has 0 heterocycles. The predicted octanol–water partition coefficient (Wildman–Crippen LogP) is 6.92. The topological polar surface area (TPSA) is 0 Å². The number of hydrogen-bond acceptors (Lipinski definition) is 0. The molecule has 4 atom stereocenters. The fourth-order valence-corrected chi connectivity index (χ4v) is 7.07. The van der Waals surface area contributed by atoms with Gasteiger partial charge in [0.2, 0.25) is 0 Å². The third-order valence-electron chi connectivity index (χ3n) is 8.03. The zero-order valence-corrected chi connectivity index (χ0v) is 15.1. The molecule has 128 valence electrons. The van der Waals surface area contributed by atoms with E-state index < -0.39 is 0 Å². The van der Waals surface area contributed by atoms with Gasteiger partial charge in [-0.2, -0.15) is 0 Å². The van der Waals surface area contributed by atoms with Crippen LogP contribution in [-0.2, 0) is 0 Å². The van der Waals surface area contributed by atoms with E-state index in [1.165, 1.54) is 69.8 Å². The van der Waals surface area contributed by atoms with Crippen LogP contribution < -0.4 is 0 Å². The Bertz CT molecular complexity index is 555. The van der Waals surface area contributed by atoms with Crippen LogP contribution in [0.5, 0.6) is 0 Å². The zero-order chi connectivity index (χ0) is 16.1. The van der Waals surface area contributed by atoms with Crippen molar-refractivity contribution in [3.05, 3.63) is 41.5 Å². The first kappa shape index (κ1) is 15.2. The Kier molecular flexibility index (Phi) is 3.83. The summed E-state index contributed by atoms with van der Waals surface area (Å²) in [4.78, 5) is 0. The maximum Gasteiger partial charge on any atom is -0.0151 e. The minimum absolute atomic E-state index is 0.810. The third-order valence-corrected chi connectivity index (χ3v) is 8.03. The molecule has 4 aliphatic rings. The highest BCUT2D eigenvalue weighted by molar-refractivity contribution is 5.59. The Hall–Kier alpha value is -1.04. The van der Waals surface area contributed by atoms with Gasteiger partial charge >= 0.3 is 0 Å². The molecule has 5 rings (SSSR count). The van der Waals surface area contributed by atoms with Crippen molar-refractivity contribution in [3.8, 4) is 0 Å². The van der Waals surface area contributed by atoms with Crippen molar-refractivity contribution in [2.45, 2.75) is 76.0 Å². The highest BCUT2D eigenvalue weighted by Gasteiger charge is 2.37. The molecule has 0 heteroatoms. The van der Waals surface area contributed by atoms with Crippen LogP contribution in [-0.4, -0.2) is 0 Å². The summed E-state index contributed by atoms with van der Waals surface area (Å²) in [7, 11) is 0. The monoisotopic (exact) mass is 320 g/mol. The van der Waals surface area contributed by atoms with E-state index in [9.17, 15) is 0 Å². The summed E-state index contributed by atoms with van der Waals surface area (Å²) >= 11 is 0. The van der Waals surface area contributed by atoms with Crippen LogP contribution in [0.15, 0.2) is 24.8 Å². The van der Waals surface area contributed by atoms with Crippen molar-refractivity contribution in [2.24, 2.45) is 23.7 Å². The van der Waals surface area contributed by atoms with E-state index in [2.05, 4.69) is 30.9 Å². The van der Waals surface area contributed by atoms with E-state index in [4.69, 9.17) is 0 Å². The highest BCUT2D eigenvalue weighted by Crippen LogP contribution is 2.52. The first-order valence-electron chi connectivity index (χ1n) is 10.6. The molecule has 4 unspecified atom stereocenters. The number of rotatable bonds is 3. The van der Waals surface area contributed by atoms with E-state index in [1.807, 2.05) is 0 Å². The lowest BCUT2D eigenvalue weighted by Gasteiger charge is -2.33. The summed E-state index contributed by atoms with van der Waals surface area (Å²) in [5.41, 5.74) is 4.84. The second-order valence-electron chi connectivity index (χ2n) is 9.48. The largest absolute Gasteiger partial charge is 0.0984 e. The van der Waals surface area contributed by atoms with Crippen LogP contribution in [0.4, 0.5) is 0 Å². The summed E-state index contributed by atoms with van der Waals surface area (Å²) in [6, 6.07) is 7.24. The standard InChI is InChI=1S/C24H32/c1-2-22-23(20-12-16-6-7-17(10-16)13-20)4-3-5-24(22)21-14-18-8-9-19(11-18)15-21/h2-5,16-21H,1,6-15H2. The van der Waals surface area contributed by atoms with Gasteiger partial charge in [0.1, 0.15) is 0 Å². The van der Waals surface area contributed by atoms with Gasteiger partial charge in [0.15, 0.2) is 0 Å². The smallest absolute Gasteiger partial charge is 0.0151 e. The van der Waals surface area contributed by atoms with Gasteiger partial charge in [-0.25, -0.2) is 0 Å². The van der Waals surface area contributed by atoms with Gasteiger partial charge in [-0.05, 0) is 90.7 Å². The SMILES string of the molecule is C=Cc1c(C2CC3CCC(C3)C2)cccc1C1CC2CCC(C2)C1. The lowest BCUT2D eigenvalue weighted by Crippen LogP contribution is -2.18. The summed E-state index contributed by atoms with van der Waals surface area (Å²) in [6.45, 7) is 4.25. The molecule has 0 amide bonds. The van der Waals surface area contributed by atoms with Gasteiger partial charge in [-0.1, -0.05) is 56.5 Å². The minimum atomic E-state index is 0.810. The molecule has 24 heavy (non-hydrogen) atoms. The number of fused-ring (bicyclic) bond motifs is 4. The average Bonchev–Trinajstić information content (AvgIpc) is 3.14. The number of benzene rings is 1. The normalized spacial score (nSPS) is 40.7. The van der Waals surface area contributed by atoms with Crippen LogP contribution in [0, 0.1) is 23.7 Å². The molecule has 0 N–H and O–H groups in total. The fourth-order valence-electron chi connectivity index (χ4n) is 7.07. The van der Waals surface area contributed by atoms with E-state index in [0.717, 1.165) is 35.5 Å². The van der Waals surface area contributed by atoms with Crippen LogP contribution in [0.3, 0.4) is 0 Å². The molecule has 0 aliphatic heterocycles. The van der Waals surface area contributed by atoms with Gasteiger partial charge in [0.25, 0.3) is 0 Å². The lowest BCUT2D eigenvalue weighted by atomic mass is 9.72.